The Kier molecular flexibility index (Phi) is 8.36. The monoisotopic (exact) mass is 404 g/mol. The van der Waals surface area contributed by atoms with E-state index >= 15 is 0 Å². The van der Waals surface area contributed by atoms with Gasteiger partial charge >= 0.3 is 6.03 Å². The minimum atomic E-state index is -0.329. The molecule has 1 saturated carbocycles. The predicted molar refractivity (Wildman–Crippen MR) is 96.7 cm³/mol. The van der Waals surface area contributed by atoms with Crippen LogP contribution < -0.4 is 21.7 Å². The van der Waals surface area contributed by atoms with Crippen molar-refractivity contribution in [1.82, 2.24) is 10.6 Å². The van der Waals surface area contributed by atoms with E-state index in [1.54, 1.807) is 12.1 Å². The van der Waals surface area contributed by atoms with Crippen molar-refractivity contribution in [3.05, 3.63) is 28.7 Å². The van der Waals surface area contributed by atoms with Crippen molar-refractivity contribution in [3.63, 3.8) is 0 Å². The molecule has 1 fully saturated rings. The van der Waals surface area contributed by atoms with Crippen LogP contribution in [-0.4, -0.2) is 31.1 Å². The first-order chi connectivity index (χ1) is 10.5. The quantitative estimate of drug-likeness (QED) is 0.560. The Balaban J connectivity index is 0.00000264. The molecule has 1 atom stereocenters. The van der Waals surface area contributed by atoms with Gasteiger partial charge in [0.15, 0.2) is 0 Å². The van der Waals surface area contributed by atoms with Crippen molar-refractivity contribution in [2.75, 3.05) is 18.4 Å². The van der Waals surface area contributed by atoms with Gasteiger partial charge in [0.25, 0.3) is 0 Å². The fraction of sp³-hybridized carbons (Fsp3) is 0.467. The average molecular weight is 406 g/mol. The zero-order valence-corrected chi connectivity index (χ0v) is 15.1. The fourth-order valence-corrected chi connectivity index (χ4v) is 2.27. The number of amides is 3. The minimum absolute atomic E-state index is 0. The number of hydrogen-bond acceptors (Lipinski definition) is 3. The van der Waals surface area contributed by atoms with Crippen LogP contribution in [0, 0.1) is 5.92 Å². The molecule has 23 heavy (non-hydrogen) atoms. The number of anilines is 1. The SMILES string of the molecule is Cl.NC(CNC(=O)CCNC(=O)Nc1ccc(Br)cc1)C1CC1. The minimum Gasteiger partial charge on any atom is -0.354 e. The van der Waals surface area contributed by atoms with Crippen LogP contribution in [-0.2, 0) is 4.79 Å². The highest BCUT2D eigenvalue weighted by Crippen LogP contribution is 2.31. The van der Waals surface area contributed by atoms with E-state index in [1.165, 1.54) is 0 Å². The summed E-state index contributed by atoms with van der Waals surface area (Å²) in [5.74, 6) is 0.468. The van der Waals surface area contributed by atoms with Gasteiger partial charge in [-0.25, -0.2) is 4.79 Å². The molecule has 128 valence electrons. The van der Waals surface area contributed by atoms with Crippen LogP contribution in [0.1, 0.15) is 19.3 Å². The normalized spacial score (nSPS) is 14.3. The molecule has 8 heteroatoms. The summed E-state index contributed by atoms with van der Waals surface area (Å²) in [4.78, 5) is 23.3. The van der Waals surface area contributed by atoms with E-state index < -0.39 is 0 Å². The highest BCUT2D eigenvalue weighted by Gasteiger charge is 2.28. The van der Waals surface area contributed by atoms with Gasteiger partial charge in [0, 0.05) is 35.7 Å². The maximum Gasteiger partial charge on any atom is 0.319 e. The second kappa shape index (κ2) is 9.75. The lowest BCUT2D eigenvalue weighted by molar-refractivity contribution is -0.121. The van der Waals surface area contributed by atoms with Gasteiger partial charge in [-0.1, -0.05) is 15.9 Å². The van der Waals surface area contributed by atoms with Crippen molar-refractivity contribution in [1.29, 1.82) is 0 Å². The summed E-state index contributed by atoms with van der Waals surface area (Å²) in [5.41, 5.74) is 6.60. The Morgan fingerprint density at radius 2 is 1.87 bits per heavy atom. The fourth-order valence-electron chi connectivity index (χ4n) is 2.01. The van der Waals surface area contributed by atoms with E-state index in [4.69, 9.17) is 5.73 Å². The predicted octanol–water partition coefficient (Wildman–Crippen LogP) is 2.24. The molecular formula is C15H22BrClN4O2. The van der Waals surface area contributed by atoms with Crippen molar-refractivity contribution in [3.8, 4) is 0 Å². The maximum absolute atomic E-state index is 11.7. The summed E-state index contributed by atoms with van der Waals surface area (Å²) < 4.78 is 0.944. The summed E-state index contributed by atoms with van der Waals surface area (Å²) in [5, 5.41) is 8.13. The second-order valence-corrected chi connectivity index (χ2v) is 6.36. The number of urea groups is 1. The van der Waals surface area contributed by atoms with Gasteiger partial charge in [0.2, 0.25) is 5.91 Å². The summed E-state index contributed by atoms with van der Waals surface area (Å²) in [6.07, 6.45) is 2.56. The number of nitrogens with one attached hydrogen (secondary N) is 3. The maximum atomic E-state index is 11.7. The van der Waals surface area contributed by atoms with Crippen LogP contribution in [0.4, 0.5) is 10.5 Å². The van der Waals surface area contributed by atoms with Crippen LogP contribution in [0.25, 0.3) is 0 Å². The van der Waals surface area contributed by atoms with E-state index in [9.17, 15) is 9.59 Å². The highest BCUT2D eigenvalue weighted by molar-refractivity contribution is 9.10. The molecule has 0 radical (unpaired) electrons. The molecule has 3 amide bonds. The Bertz CT molecular complexity index is 523. The summed E-state index contributed by atoms with van der Waals surface area (Å²) in [6, 6.07) is 6.98. The van der Waals surface area contributed by atoms with E-state index in [1.807, 2.05) is 12.1 Å². The molecule has 0 aromatic heterocycles. The van der Waals surface area contributed by atoms with E-state index in [0.717, 1.165) is 17.3 Å². The first-order valence-corrected chi connectivity index (χ1v) is 8.16. The number of carbonyl (C=O) groups excluding carboxylic acids is 2. The van der Waals surface area contributed by atoms with Gasteiger partial charge in [-0.3, -0.25) is 4.79 Å². The lowest BCUT2D eigenvalue weighted by Crippen LogP contribution is -2.40. The number of carbonyl (C=O) groups is 2. The van der Waals surface area contributed by atoms with E-state index in [0.29, 0.717) is 18.2 Å². The molecule has 1 aliphatic rings. The smallest absolute Gasteiger partial charge is 0.319 e. The lowest BCUT2D eigenvalue weighted by Gasteiger charge is -2.12. The van der Waals surface area contributed by atoms with Crippen LogP contribution in [0.5, 0.6) is 0 Å². The zero-order valence-electron chi connectivity index (χ0n) is 12.7. The summed E-state index contributed by atoms with van der Waals surface area (Å²) >= 11 is 3.33. The van der Waals surface area contributed by atoms with E-state index in [-0.39, 0.29) is 43.4 Å². The molecular weight excluding hydrogens is 384 g/mol. The molecule has 2 rings (SSSR count). The number of nitrogens with two attached hydrogens (primary N) is 1. The first-order valence-electron chi connectivity index (χ1n) is 7.37. The van der Waals surface area contributed by atoms with Gasteiger partial charge < -0.3 is 21.7 Å². The number of hydrogen-bond donors (Lipinski definition) is 4. The molecule has 1 aliphatic carbocycles. The molecule has 6 nitrogen and oxygen atoms in total. The number of rotatable bonds is 7. The van der Waals surface area contributed by atoms with Crippen LogP contribution in [0.3, 0.4) is 0 Å². The molecule has 0 saturated heterocycles. The lowest BCUT2D eigenvalue weighted by atomic mass is 10.2. The molecule has 0 heterocycles. The largest absolute Gasteiger partial charge is 0.354 e. The van der Waals surface area contributed by atoms with Gasteiger partial charge in [0.05, 0.1) is 0 Å². The van der Waals surface area contributed by atoms with Gasteiger partial charge in [-0.2, -0.15) is 0 Å². The van der Waals surface area contributed by atoms with Crippen molar-refractivity contribution in [2.24, 2.45) is 11.7 Å². The van der Waals surface area contributed by atoms with Gasteiger partial charge in [-0.05, 0) is 43.0 Å². The van der Waals surface area contributed by atoms with Gasteiger partial charge in [0.1, 0.15) is 0 Å². The molecule has 1 aromatic rings. The Hall–Kier alpha value is -1.31. The average Bonchev–Trinajstić information content (AvgIpc) is 3.32. The van der Waals surface area contributed by atoms with Crippen LogP contribution in [0.15, 0.2) is 28.7 Å². The highest BCUT2D eigenvalue weighted by atomic mass is 79.9. The Morgan fingerprint density at radius 3 is 2.48 bits per heavy atom. The second-order valence-electron chi connectivity index (χ2n) is 5.44. The zero-order chi connectivity index (χ0) is 15.9. The summed E-state index contributed by atoms with van der Waals surface area (Å²) in [6.45, 7) is 0.793. The molecule has 0 aliphatic heterocycles. The first kappa shape index (κ1) is 19.7. The Morgan fingerprint density at radius 1 is 1.22 bits per heavy atom. The third-order valence-corrected chi connectivity index (χ3v) is 4.03. The third-order valence-electron chi connectivity index (χ3n) is 3.50. The summed E-state index contributed by atoms with van der Waals surface area (Å²) in [7, 11) is 0. The van der Waals surface area contributed by atoms with Crippen LogP contribution >= 0.6 is 28.3 Å². The molecule has 0 spiro atoms. The standard InChI is InChI=1S/C15H21BrN4O2.ClH/c16-11-3-5-12(6-4-11)20-15(22)18-8-7-14(21)19-9-13(17)10-1-2-10;/h3-6,10,13H,1-2,7-9,17H2,(H,19,21)(H2,18,20,22);1H. The van der Waals surface area contributed by atoms with Gasteiger partial charge in [-0.15, -0.1) is 12.4 Å². The number of benzene rings is 1. The molecule has 0 bridgehead atoms. The van der Waals surface area contributed by atoms with Crippen molar-refractivity contribution in [2.45, 2.75) is 25.3 Å². The van der Waals surface area contributed by atoms with E-state index in [2.05, 4.69) is 31.9 Å². The van der Waals surface area contributed by atoms with Crippen molar-refractivity contribution >= 4 is 46.0 Å². The Labute approximate surface area is 150 Å². The molecule has 5 N–H and O–H groups in total. The van der Waals surface area contributed by atoms with Crippen molar-refractivity contribution < 1.29 is 9.59 Å². The third kappa shape index (κ3) is 7.67. The molecule has 1 unspecified atom stereocenters. The topological polar surface area (TPSA) is 96.2 Å². The van der Waals surface area contributed by atoms with Crippen LogP contribution in [0.2, 0.25) is 0 Å². The molecule has 1 aromatic carbocycles. The number of halogens is 2.